The third-order valence-electron chi connectivity index (χ3n) is 1.83. The zero-order valence-electron chi connectivity index (χ0n) is 6.17. The van der Waals surface area contributed by atoms with E-state index in [0.29, 0.717) is 5.92 Å². The number of allylic oxidation sites excluding steroid dienone is 4. The normalized spacial score (nSPS) is 23.6. The highest BCUT2D eigenvalue weighted by atomic mass is 14.3. The van der Waals surface area contributed by atoms with Crippen molar-refractivity contribution in [1.29, 1.82) is 5.26 Å². The predicted molar refractivity (Wildman–Crippen MR) is 41.2 cm³/mol. The Labute approximate surface area is 61.7 Å². The molecule has 1 nitrogen and oxygen atoms in total. The lowest BCUT2D eigenvalue weighted by Crippen LogP contribution is -1.98. The second kappa shape index (κ2) is 3.22. The molecule has 0 amide bonds. The van der Waals surface area contributed by atoms with Crippen LogP contribution in [0, 0.1) is 17.2 Å². The smallest absolute Gasteiger partial charge is 0.0947 e. The molecule has 1 aliphatic rings. The minimum atomic E-state index is 0.597. The molecule has 0 aromatic heterocycles. The molecule has 0 heterocycles. The quantitative estimate of drug-likeness (QED) is 0.539. The minimum Gasteiger partial charge on any atom is -0.193 e. The highest BCUT2D eigenvalue weighted by molar-refractivity contribution is 5.30. The standard InChI is InChI=1S/C9H11N/c1-2-8-4-3-5-9(6-8)7-10/h3-5,8H,2,6H2,1H3. The Balaban J connectivity index is 2.61. The average Bonchev–Trinajstić information content (AvgIpc) is 2.05. The summed E-state index contributed by atoms with van der Waals surface area (Å²) in [5, 5.41) is 8.55. The third kappa shape index (κ3) is 1.48. The van der Waals surface area contributed by atoms with E-state index in [1.807, 2.05) is 12.2 Å². The monoisotopic (exact) mass is 133 g/mol. The van der Waals surface area contributed by atoms with Crippen LogP contribution in [0.3, 0.4) is 0 Å². The van der Waals surface area contributed by atoms with Crippen molar-refractivity contribution in [3.63, 3.8) is 0 Å². The third-order valence-corrected chi connectivity index (χ3v) is 1.83. The van der Waals surface area contributed by atoms with Crippen LogP contribution in [0.1, 0.15) is 19.8 Å². The molecule has 1 rings (SSSR count). The van der Waals surface area contributed by atoms with Gasteiger partial charge in [-0.05, 0) is 24.8 Å². The number of hydrogen-bond donors (Lipinski definition) is 0. The van der Waals surface area contributed by atoms with Crippen molar-refractivity contribution in [1.82, 2.24) is 0 Å². The van der Waals surface area contributed by atoms with Crippen molar-refractivity contribution in [2.24, 2.45) is 5.92 Å². The summed E-state index contributed by atoms with van der Waals surface area (Å²) in [6.45, 7) is 2.15. The van der Waals surface area contributed by atoms with Gasteiger partial charge in [0, 0.05) is 5.57 Å². The lowest BCUT2D eigenvalue weighted by Gasteiger charge is -2.11. The van der Waals surface area contributed by atoms with Crippen LogP contribution in [0.25, 0.3) is 0 Å². The van der Waals surface area contributed by atoms with Crippen molar-refractivity contribution in [2.45, 2.75) is 19.8 Å². The van der Waals surface area contributed by atoms with Crippen LogP contribution in [-0.2, 0) is 0 Å². The second-order valence-corrected chi connectivity index (χ2v) is 2.56. The maximum atomic E-state index is 8.55. The van der Waals surface area contributed by atoms with E-state index in [9.17, 15) is 0 Å². The Morgan fingerprint density at radius 3 is 3.20 bits per heavy atom. The van der Waals surface area contributed by atoms with Gasteiger partial charge in [-0.15, -0.1) is 0 Å². The lowest BCUT2D eigenvalue weighted by atomic mass is 9.93. The number of nitrogens with zero attached hydrogens (tertiary/aromatic N) is 1. The zero-order valence-corrected chi connectivity index (χ0v) is 6.17. The summed E-state index contributed by atoms with van der Waals surface area (Å²) in [6, 6.07) is 2.18. The van der Waals surface area contributed by atoms with Gasteiger partial charge in [0.05, 0.1) is 6.07 Å². The molecule has 10 heavy (non-hydrogen) atoms. The summed E-state index contributed by atoms with van der Waals surface area (Å²) in [4.78, 5) is 0. The van der Waals surface area contributed by atoms with Gasteiger partial charge in [-0.1, -0.05) is 19.1 Å². The van der Waals surface area contributed by atoms with Crippen molar-refractivity contribution in [3.8, 4) is 6.07 Å². The van der Waals surface area contributed by atoms with Gasteiger partial charge in [-0.2, -0.15) is 5.26 Å². The van der Waals surface area contributed by atoms with E-state index in [1.165, 1.54) is 0 Å². The Hall–Kier alpha value is -1.03. The van der Waals surface area contributed by atoms with Gasteiger partial charge in [0.15, 0.2) is 0 Å². The number of rotatable bonds is 1. The van der Waals surface area contributed by atoms with Gasteiger partial charge in [0.25, 0.3) is 0 Å². The number of nitriles is 1. The molecule has 0 saturated heterocycles. The molecule has 0 aromatic carbocycles. The van der Waals surface area contributed by atoms with Crippen molar-refractivity contribution >= 4 is 0 Å². The molecule has 1 aliphatic carbocycles. The molecule has 0 saturated carbocycles. The molecular weight excluding hydrogens is 122 g/mol. The van der Waals surface area contributed by atoms with E-state index in [4.69, 9.17) is 5.26 Å². The summed E-state index contributed by atoms with van der Waals surface area (Å²) in [5.41, 5.74) is 0.911. The van der Waals surface area contributed by atoms with E-state index >= 15 is 0 Å². The maximum Gasteiger partial charge on any atom is 0.0947 e. The fourth-order valence-electron chi connectivity index (χ4n) is 1.11. The molecule has 52 valence electrons. The van der Waals surface area contributed by atoms with Gasteiger partial charge in [-0.3, -0.25) is 0 Å². The molecule has 1 heteroatoms. The second-order valence-electron chi connectivity index (χ2n) is 2.56. The van der Waals surface area contributed by atoms with Gasteiger partial charge in [0.2, 0.25) is 0 Å². The molecule has 0 aromatic rings. The Kier molecular flexibility index (Phi) is 2.28. The largest absolute Gasteiger partial charge is 0.193 e. The van der Waals surface area contributed by atoms with Crippen LogP contribution in [0.2, 0.25) is 0 Å². The molecule has 1 atom stereocenters. The SMILES string of the molecule is CCC1C=CC=C(C#N)C1. The molecule has 0 spiro atoms. The fourth-order valence-corrected chi connectivity index (χ4v) is 1.11. The van der Waals surface area contributed by atoms with Crippen LogP contribution in [0.5, 0.6) is 0 Å². The summed E-state index contributed by atoms with van der Waals surface area (Å²) < 4.78 is 0. The topological polar surface area (TPSA) is 23.8 Å². The van der Waals surface area contributed by atoms with Crippen molar-refractivity contribution < 1.29 is 0 Å². The zero-order chi connectivity index (χ0) is 7.40. The Bertz CT molecular complexity index is 205. The van der Waals surface area contributed by atoms with Gasteiger partial charge >= 0.3 is 0 Å². The molecular formula is C9H11N. The molecule has 0 N–H and O–H groups in total. The predicted octanol–water partition coefficient (Wildman–Crippen LogP) is 2.42. The fraction of sp³-hybridized carbons (Fsp3) is 0.444. The van der Waals surface area contributed by atoms with E-state index in [2.05, 4.69) is 19.1 Å². The van der Waals surface area contributed by atoms with Crippen LogP contribution in [0.15, 0.2) is 23.8 Å². The highest BCUT2D eigenvalue weighted by Crippen LogP contribution is 2.19. The van der Waals surface area contributed by atoms with E-state index in [0.717, 1.165) is 18.4 Å². The summed E-state index contributed by atoms with van der Waals surface area (Å²) >= 11 is 0. The van der Waals surface area contributed by atoms with Gasteiger partial charge < -0.3 is 0 Å². The molecule has 0 fully saturated rings. The Morgan fingerprint density at radius 2 is 2.60 bits per heavy atom. The number of hydrogen-bond acceptors (Lipinski definition) is 1. The average molecular weight is 133 g/mol. The van der Waals surface area contributed by atoms with Crippen LogP contribution >= 0.6 is 0 Å². The van der Waals surface area contributed by atoms with Crippen molar-refractivity contribution in [2.75, 3.05) is 0 Å². The molecule has 0 radical (unpaired) electrons. The first kappa shape index (κ1) is 7.08. The maximum absolute atomic E-state index is 8.55. The molecule has 1 unspecified atom stereocenters. The van der Waals surface area contributed by atoms with Gasteiger partial charge in [0.1, 0.15) is 0 Å². The molecule has 0 bridgehead atoms. The van der Waals surface area contributed by atoms with E-state index in [-0.39, 0.29) is 0 Å². The first-order valence-electron chi connectivity index (χ1n) is 3.64. The Morgan fingerprint density at radius 1 is 1.80 bits per heavy atom. The first-order valence-corrected chi connectivity index (χ1v) is 3.64. The lowest BCUT2D eigenvalue weighted by molar-refractivity contribution is 0.622. The first-order chi connectivity index (χ1) is 4.86. The van der Waals surface area contributed by atoms with Crippen LogP contribution < -0.4 is 0 Å². The highest BCUT2D eigenvalue weighted by Gasteiger charge is 2.07. The van der Waals surface area contributed by atoms with Crippen LogP contribution in [-0.4, -0.2) is 0 Å². The minimum absolute atomic E-state index is 0.597. The van der Waals surface area contributed by atoms with Crippen LogP contribution in [0.4, 0.5) is 0 Å². The van der Waals surface area contributed by atoms with Crippen molar-refractivity contribution in [3.05, 3.63) is 23.8 Å². The summed E-state index contributed by atoms with van der Waals surface area (Å²) in [5.74, 6) is 0.597. The summed E-state index contributed by atoms with van der Waals surface area (Å²) in [6.07, 6.45) is 8.11. The van der Waals surface area contributed by atoms with E-state index in [1.54, 1.807) is 0 Å². The van der Waals surface area contributed by atoms with E-state index < -0.39 is 0 Å². The van der Waals surface area contributed by atoms with Gasteiger partial charge in [-0.25, -0.2) is 0 Å². The summed E-state index contributed by atoms with van der Waals surface area (Å²) in [7, 11) is 0. The molecule has 0 aliphatic heterocycles.